The van der Waals surface area contributed by atoms with Gasteiger partial charge in [0.05, 0.1) is 10.6 Å². The van der Waals surface area contributed by atoms with Crippen LogP contribution in [-0.4, -0.2) is 56.2 Å². The highest BCUT2D eigenvalue weighted by Gasteiger charge is 2.16. The summed E-state index contributed by atoms with van der Waals surface area (Å²) in [6.45, 7) is 1.28. The van der Waals surface area contributed by atoms with Gasteiger partial charge in [0, 0.05) is 46.6 Å². The van der Waals surface area contributed by atoms with Gasteiger partial charge in [0.15, 0.2) is 5.96 Å². The number of nitrogens with one attached hydrogen (secondary N) is 2. The number of sulfonamides is 1. The van der Waals surface area contributed by atoms with Gasteiger partial charge in [-0.05, 0) is 47.9 Å². The summed E-state index contributed by atoms with van der Waals surface area (Å²) in [7, 11) is 1.36. The molecule has 0 radical (unpaired) electrons. The van der Waals surface area contributed by atoms with Crippen molar-refractivity contribution in [3.8, 4) is 5.69 Å². The summed E-state index contributed by atoms with van der Waals surface area (Å²) in [4.78, 5) is 4.52. The van der Waals surface area contributed by atoms with E-state index in [1.54, 1.807) is 37.5 Å². The molecule has 0 spiro atoms. The summed E-state index contributed by atoms with van der Waals surface area (Å²) >= 11 is 0. The molecule has 0 saturated heterocycles. The van der Waals surface area contributed by atoms with E-state index in [0.717, 1.165) is 24.2 Å². The van der Waals surface area contributed by atoms with Gasteiger partial charge in [-0.25, -0.2) is 17.4 Å². The zero-order chi connectivity index (χ0) is 22.3. The molecule has 0 aliphatic carbocycles. The van der Waals surface area contributed by atoms with Crippen LogP contribution in [0.3, 0.4) is 0 Å². The molecule has 1 aromatic heterocycles. The monoisotopic (exact) mass is 568 g/mol. The lowest BCUT2D eigenvalue weighted by Gasteiger charge is -2.13. The topological polar surface area (TPSA) is 91.6 Å². The molecule has 3 rings (SSSR count). The van der Waals surface area contributed by atoms with Crippen molar-refractivity contribution in [2.24, 2.45) is 4.99 Å². The van der Waals surface area contributed by atoms with Crippen molar-refractivity contribution in [3.63, 3.8) is 0 Å². The van der Waals surface area contributed by atoms with Gasteiger partial charge in [-0.2, -0.15) is 5.10 Å². The first-order chi connectivity index (χ1) is 14.9. The maximum atomic E-state index is 12.1. The smallest absolute Gasteiger partial charge is 0.242 e. The second kappa shape index (κ2) is 12.0. The maximum Gasteiger partial charge on any atom is 0.242 e. The fourth-order valence-corrected chi connectivity index (χ4v) is 3.86. The van der Waals surface area contributed by atoms with E-state index in [1.165, 1.54) is 24.0 Å². The molecule has 1 heterocycles. The summed E-state index contributed by atoms with van der Waals surface area (Å²) in [5.74, 6) is 0.693. The Morgan fingerprint density at radius 3 is 2.25 bits per heavy atom. The van der Waals surface area contributed by atoms with Crippen molar-refractivity contribution in [2.75, 3.05) is 27.7 Å². The predicted molar refractivity (Wildman–Crippen MR) is 138 cm³/mol. The molecule has 8 nitrogen and oxygen atoms in total. The Balaban J connectivity index is 0.00000363. The molecule has 0 bridgehead atoms. The number of hydrogen-bond acceptors (Lipinski definition) is 4. The third-order valence-electron chi connectivity index (χ3n) is 4.80. The third-order valence-corrected chi connectivity index (χ3v) is 6.63. The van der Waals surface area contributed by atoms with Gasteiger partial charge in [0.2, 0.25) is 10.0 Å². The van der Waals surface area contributed by atoms with Crippen molar-refractivity contribution in [1.82, 2.24) is 24.7 Å². The molecule has 0 fully saturated rings. The van der Waals surface area contributed by atoms with Gasteiger partial charge in [0.25, 0.3) is 0 Å². The van der Waals surface area contributed by atoms with Crippen LogP contribution in [0.5, 0.6) is 0 Å². The predicted octanol–water partition coefficient (Wildman–Crippen LogP) is 2.65. The SMILES string of the molecule is CN=C(NCCc1ccc(-n2cccn2)cc1)NCc1ccc(S(=O)(=O)N(C)C)cc1.I. The molecule has 2 N–H and O–H groups in total. The van der Waals surface area contributed by atoms with Crippen LogP contribution in [0.25, 0.3) is 5.69 Å². The van der Waals surface area contributed by atoms with E-state index < -0.39 is 10.0 Å². The number of benzene rings is 2. The van der Waals surface area contributed by atoms with Crippen LogP contribution in [0.15, 0.2) is 76.9 Å². The van der Waals surface area contributed by atoms with Crippen LogP contribution < -0.4 is 10.6 Å². The number of aliphatic imine (C=N–C) groups is 1. The van der Waals surface area contributed by atoms with Crippen molar-refractivity contribution in [1.29, 1.82) is 0 Å². The first-order valence-corrected chi connectivity index (χ1v) is 11.4. The quantitative estimate of drug-likeness (QED) is 0.248. The summed E-state index contributed by atoms with van der Waals surface area (Å²) in [6, 6.07) is 17.0. The molecule has 0 saturated carbocycles. The Hall–Kier alpha value is -2.44. The summed E-state index contributed by atoms with van der Waals surface area (Å²) in [5.41, 5.74) is 3.22. The van der Waals surface area contributed by atoms with Crippen molar-refractivity contribution >= 4 is 40.0 Å². The number of aromatic nitrogens is 2. The highest BCUT2D eigenvalue weighted by molar-refractivity contribution is 14.0. The van der Waals surface area contributed by atoms with Gasteiger partial charge in [0.1, 0.15) is 0 Å². The largest absolute Gasteiger partial charge is 0.356 e. The van der Waals surface area contributed by atoms with Gasteiger partial charge in [-0.1, -0.05) is 24.3 Å². The Morgan fingerprint density at radius 2 is 1.69 bits per heavy atom. The maximum absolute atomic E-state index is 12.1. The first kappa shape index (κ1) is 25.8. The lowest BCUT2D eigenvalue weighted by molar-refractivity contribution is 0.520. The van der Waals surface area contributed by atoms with Crippen LogP contribution >= 0.6 is 24.0 Å². The number of halogens is 1. The molecule has 10 heteroatoms. The Kier molecular flexibility index (Phi) is 9.66. The van der Waals surface area contributed by atoms with Crippen molar-refractivity contribution in [2.45, 2.75) is 17.9 Å². The summed E-state index contributed by atoms with van der Waals surface area (Å²) < 4.78 is 27.3. The van der Waals surface area contributed by atoms with Gasteiger partial charge in [-0.15, -0.1) is 24.0 Å². The number of rotatable bonds is 8. The summed E-state index contributed by atoms with van der Waals surface area (Å²) in [6.07, 6.45) is 4.54. The normalized spacial score (nSPS) is 11.8. The molecule has 0 amide bonds. The molecular weight excluding hydrogens is 539 g/mol. The number of nitrogens with zero attached hydrogens (tertiary/aromatic N) is 4. The lowest BCUT2D eigenvalue weighted by Crippen LogP contribution is -2.37. The highest BCUT2D eigenvalue weighted by Crippen LogP contribution is 2.14. The Morgan fingerprint density at radius 1 is 1.03 bits per heavy atom. The van der Waals surface area contributed by atoms with E-state index in [0.29, 0.717) is 12.5 Å². The van der Waals surface area contributed by atoms with Gasteiger partial charge < -0.3 is 10.6 Å². The highest BCUT2D eigenvalue weighted by atomic mass is 127. The molecule has 0 aliphatic heterocycles. The fourth-order valence-electron chi connectivity index (χ4n) is 2.96. The second-order valence-corrected chi connectivity index (χ2v) is 9.30. The average molecular weight is 568 g/mol. The molecule has 0 aliphatic rings. The molecule has 3 aromatic rings. The van der Waals surface area contributed by atoms with Gasteiger partial charge in [-0.3, -0.25) is 4.99 Å². The van der Waals surface area contributed by atoms with E-state index >= 15 is 0 Å². The van der Waals surface area contributed by atoms with E-state index in [9.17, 15) is 8.42 Å². The lowest BCUT2D eigenvalue weighted by atomic mass is 10.1. The van der Waals surface area contributed by atoms with Crippen molar-refractivity contribution in [3.05, 3.63) is 78.1 Å². The zero-order valence-corrected chi connectivity index (χ0v) is 21.5. The van der Waals surface area contributed by atoms with Crippen molar-refractivity contribution < 1.29 is 8.42 Å². The van der Waals surface area contributed by atoms with E-state index in [1.807, 2.05) is 16.9 Å². The molecule has 172 valence electrons. The minimum atomic E-state index is -3.41. The zero-order valence-electron chi connectivity index (χ0n) is 18.4. The van der Waals surface area contributed by atoms with Crippen LogP contribution in [0.4, 0.5) is 0 Å². The van der Waals surface area contributed by atoms with Crippen LogP contribution in [0.2, 0.25) is 0 Å². The molecule has 0 atom stereocenters. The first-order valence-electron chi connectivity index (χ1n) is 9.95. The Bertz CT molecular complexity index is 1100. The van der Waals surface area contributed by atoms with Crippen LogP contribution in [-0.2, 0) is 23.0 Å². The van der Waals surface area contributed by atoms with Crippen LogP contribution in [0.1, 0.15) is 11.1 Å². The Labute approximate surface area is 206 Å². The standard InChI is InChI=1S/C22H28N6O2S.HI/c1-23-22(25-17-19-7-11-21(12-8-19)31(29,30)27(2)3)24-15-13-18-5-9-20(10-6-18)28-16-4-14-26-28;/h4-12,14,16H,13,15,17H2,1-3H3,(H2,23,24,25);1H. The average Bonchev–Trinajstić information content (AvgIpc) is 3.31. The minimum absolute atomic E-state index is 0. The third kappa shape index (κ3) is 6.78. The van der Waals surface area contributed by atoms with E-state index in [2.05, 4.69) is 45.0 Å². The van der Waals surface area contributed by atoms with Crippen LogP contribution in [0, 0.1) is 0 Å². The summed E-state index contributed by atoms with van der Waals surface area (Å²) in [5, 5.41) is 10.8. The van der Waals surface area contributed by atoms with E-state index in [-0.39, 0.29) is 28.9 Å². The molecular formula is C22H29IN6O2S. The van der Waals surface area contributed by atoms with Gasteiger partial charge >= 0.3 is 0 Å². The molecule has 0 unspecified atom stereocenters. The molecule has 32 heavy (non-hydrogen) atoms. The minimum Gasteiger partial charge on any atom is -0.356 e. The van der Waals surface area contributed by atoms with E-state index in [4.69, 9.17) is 0 Å². The fraction of sp³-hybridized carbons (Fsp3) is 0.273. The number of guanidine groups is 1. The number of hydrogen-bond donors (Lipinski definition) is 2. The molecule has 2 aromatic carbocycles. The second-order valence-electron chi connectivity index (χ2n) is 7.15.